The normalized spacial score (nSPS) is 11.5. The third kappa shape index (κ3) is 2.94. The highest BCUT2D eigenvalue weighted by Gasteiger charge is 2.18. The summed E-state index contributed by atoms with van der Waals surface area (Å²) in [6.45, 7) is 1.89. The Labute approximate surface area is 121 Å². The highest BCUT2D eigenvalue weighted by atomic mass is 19.1. The number of nitrogens with zero attached hydrogens (tertiary/aromatic N) is 2. The molecule has 0 atom stereocenters. The molecule has 0 saturated heterocycles. The second-order valence-electron chi connectivity index (χ2n) is 4.67. The summed E-state index contributed by atoms with van der Waals surface area (Å²) in [4.78, 5) is 1.41. The minimum atomic E-state index is -0.791. The van der Waals surface area contributed by atoms with Gasteiger partial charge in [0.1, 0.15) is 5.69 Å². The number of rotatable bonds is 3. The van der Waals surface area contributed by atoms with Crippen molar-refractivity contribution in [3.05, 3.63) is 59.2 Å². The zero-order chi connectivity index (χ0) is 15.6. The van der Waals surface area contributed by atoms with Crippen molar-refractivity contribution in [2.24, 2.45) is 10.9 Å². The van der Waals surface area contributed by atoms with Crippen molar-refractivity contribution >= 4 is 17.2 Å². The second kappa shape index (κ2) is 5.78. The third-order valence-electron chi connectivity index (χ3n) is 3.14. The van der Waals surface area contributed by atoms with Gasteiger partial charge in [-0.3, -0.25) is 0 Å². The first-order chi connectivity index (χ1) is 9.93. The first-order valence-corrected chi connectivity index (χ1v) is 6.21. The summed E-state index contributed by atoms with van der Waals surface area (Å²) in [6, 6.07) is 9.33. The van der Waals surface area contributed by atoms with Gasteiger partial charge in [-0.25, -0.2) is 8.78 Å². The summed E-state index contributed by atoms with van der Waals surface area (Å²) in [5.41, 5.74) is 6.76. The zero-order valence-corrected chi connectivity index (χ0v) is 11.6. The van der Waals surface area contributed by atoms with Crippen molar-refractivity contribution in [1.82, 2.24) is 0 Å². The molecular weight excluding hydrogens is 276 g/mol. The van der Waals surface area contributed by atoms with Crippen LogP contribution >= 0.6 is 0 Å². The first-order valence-electron chi connectivity index (χ1n) is 6.21. The Balaban J connectivity index is 2.49. The summed E-state index contributed by atoms with van der Waals surface area (Å²) in [5, 5.41) is 11.3. The molecule has 0 aliphatic rings. The van der Waals surface area contributed by atoms with Crippen LogP contribution in [0, 0.1) is 18.6 Å². The van der Waals surface area contributed by atoms with Crippen LogP contribution in [0.15, 0.2) is 41.6 Å². The van der Waals surface area contributed by atoms with E-state index in [0.29, 0.717) is 5.69 Å². The molecule has 0 radical (unpaired) electrons. The Hall–Kier alpha value is -2.63. The van der Waals surface area contributed by atoms with Gasteiger partial charge < -0.3 is 15.8 Å². The van der Waals surface area contributed by atoms with E-state index < -0.39 is 11.6 Å². The fourth-order valence-corrected chi connectivity index (χ4v) is 2.06. The molecule has 0 bridgehead atoms. The summed E-state index contributed by atoms with van der Waals surface area (Å²) in [5.74, 6) is -1.93. The highest BCUT2D eigenvalue weighted by Crippen LogP contribution is 2.30. The van der Waals surface area contributed by atoms with Crippen molar-refractivity contribution < 1.29 is 14.0 Å². The van der Waals surface area contributed by atoms with Gasteiger partial charge in [-0.15, -0.1) is 0 Å². The lowest BCUT2D eigenvalue weighted by Gasteiger charge is -2.21. The molecule has 0 aliphatic heterocycles. The monoisotopic (exact) mass is 291 g/mol. The van der Waals surface area contributed by atoms with Crippen LogP contribution in [0.4, 0.5) is 20.2 Å². The minimum absolute atomic E-state index is 0.0195. The molecule has 110 valence electrons. The van der Waals surface area contributed by atoms with Crippen molar-refractivity contribution in [2.75, 3.05) is 11.9 Å². The lowest BCUT2D eigenvalue weighted by molar-refractivity contribution is 0.318. The highest BCUT2D eigenvalue weighted by molar-refractivity contribution is 5.97. The molecule has 2 aromatic carbocycles. The minimum Gasteiger partial charge on any atom is -0.409 e. The molecule has 2 rings (SSSR count). The molecule has 0 spiro atoms. The maximum atomic E-state index is 14.2. The van der Waals surface area contributed by atoms with E-state index in [1.165, 1.54) is 4.90 Å². The Morgan fingerprint density at radius 2 is 1.81 bits per heavy atom. The number of aryl methyl sites for hydroxylation is 1. The smallest absolute Gasteiger partial charge is 0.170 e. The molecular formula is C15H15F2N3O. The molecule has 4 nitrogen and oxygen atoms in total. The molecule has 3 N–H and O–H groups in total. The third-order valence-corrected chi connectivity index (χ3v) is 3.14. The lowest BCUT2D eigenvalue weighted by atomic mass is 10.1. The van der Waals surface area contributed by atoms with Gasteiger partial charge in [0.05, 0.1) is 0 Å². The number of amidine groups is 1. The lowest BCUT2D eigenvalue weighted by Crippen LogP contribution is -2.17. The van der Waals surface area contributed by atoms with Crippen molar-refractivity contribution in [2.45, 2.75) is 6.92 Å². The number of anilines is 2. The molecule has 0 amide bonds. The topological polar surface area (TPSA) is 61.8 Å². The summed E-state index contributed by atoms with van der Waals surface area (Å²) >= 11 is 0. The number of hydrogen-bond acceptors (Lipinski definition) is 3. The molecule has 0 aliphatic carbocycles. The molecule has 0 aromatic heterocycles. The predicted molar refractivity (Wildman–Crippen MR) is 78.1 cm³/mol. The van der Waals surface area contributed by atoms with Crippen LogP contribution < -0.4 is 10.6 Å². The van der Waals surface area contributed by atoms with Crippen molar-refractivity contribution in [3.63, 3.8) is 0 Å². The zero-order valence-electron chi connectivity index (χ0n) is 11.6. The van der Waals surface area contributed by atoms with E-state index in [-0.39, 0.29) is 17.1 Å². The quantitative estimate of drug-likeness (QED) is 0.395. The summed E-state index contributed by atoms with van der Waals surface area (Å²) in [7, 11) is 1.57. The van der Waals surface area contributed by atoms with E-state index in [9.17, 15) is 8.78 Å². The van der Waals surface area contributed by atoms with Gasteiger partial charge in [-0.2, -0.15) is 0 Å². The molecule has 2 aromatic rings. The number of hydrogen-bond donors (Lipinski definition) is 2. The van der Waals surface area contributed by atoms with Crippen LogP contribution in [-0.2, 0) is 0 Å². The van der Waals surface area contributed by atoms with Gasteiger partial charge >= 0.3 is 0 Å². The second-order valence-corrected chi connectivity index (χ2v) is 4.67. The molecule has 21 heavy (non-hydrogen) atoms. The van der Waals surface area contributed by atoms with Crippen molar-refractivity contribution in [3.8, 4) is 0 Å². The van der Waals surface area contributed by atoms with Crippen molar-refractivity contribution in [1.29, 1.82) is 0 Å². The van der Waals surface area contributed by atoms with Gasteiger partial charge in [0, 0.05) is 18.3 Å². The predicted octanol–water partition coefficient (Wildman–Crippen LogP) is 3.14. The number of nitrogens with two attached hydrogens (primary N) is 1. The van der Waals surface area contributed by atoms with Gasteiger partial charge in [-0.05, 0) is 36.8 Å². The van der Waals surface area contributed by atoms with Gasteiger partial charge in [-0.1, -0.05) is 17.3 Å². The number of oxime groups is 1. The molecule has 0 heterocycles. The average Bonchev–Trinajstić information content (AvgIpc) is 2.45. The fourth-order valence-electron chi connectivity index (χ4n) is 2.06. The molecule has 0 saturated carbocycles. The molecule has 0 unspecified atom stereocenters. The van der Waals surface area contributed by atoms with E-state index in [1.54, 1.807) is 13.1 Å². The van der Waals surface area contributed by atoms with Gasteiger partial charge in [0.15, 0.2) is 17.5 Å². The van der Waals surface area contributed by atoms with Crippen LogP contribution in [0.5, 0.6) is 0 Å². The van der Waals surface area contributed by atoms with Crippen LogP contribution in [0.25, 0.3) is 0 Å². The molecule has 0 fully saturated rings. The number of benzene rings is 2. The van der Waals surface area contributed by atoms with Crippen LogP contribution in [0.3, 0.4) is 0 Å². The van der Waals surface area contributed by atoms with Gasteiger partial charge in [0.2, 0.25) is 0 Å². The summed E-state index contributed by atoms with van der Waals surface area (Å²) in [6.07, 6.45) is 0. The van der Waals surface area contributed by atoms with Crippen LogP contribution in [-0.4, -0.2) is 18.1 Å². The van der Waals surface area contributed by atoms with E-state index in [1.807, 2.05) is 25.1 Å². The van der Waals surface area contributed by atoms with E-state index in [2.05, 4.69) is 5.16 Å². The average molecular weight is 291 g/mol. The Morgan fingerprint density at radius 1 is 1.19 bits per heavy atom. The Morgan fingerprint density at radius 3 is 2.33 bits per heavy atom. The standard InChI is InChI=1S/C15H15F2N3O/c1-9-4-3-5-11(6-9)20(2)14-12(16)7-10(8-13(14)17)15(18)19-21/h3-8,21H,1-2H3,(H2,18,19). The Kier molecular flexibility index (Phi) is 4.07. The van der Waals surface area contributed by atoms with Crippen LogP contribution in [0.1, 0.15) is 11.1 Å². The van der Waals surface area contributed by atoms with E-state index in [4.69, 9.17) is 10.9 Å². The van der Waals surface area contributed by atoms with E-state index in [0.717, 1.165) is 17.7 Å². The van der Waals surface area contributed by atoms with Crippen LogP contribution in [0.2, 0.25) is 0 Å². The maximum Gasteiger partial charge on any atom is 0.170 e. The maximum absolute atomic E-state index is 14.2. The summed E-state index contributed by atoms with van der Waals surface area (Å²) < 4.78 is 28.3. The number of halogens is 2. The molecule has 6 heteroatoms. The largest absolute Gasteiger partial charge is 0.409 e. The SMILES string of the molecule is Cc1cccc(N(C)c2c(F)cc(/C(N)=N/O)cc2F)c1. The Bertz CT molecular complexity index is 678. The van der Waals surface area contributed by atoms with E-state index >= 15 is 0 Å². The first kappa shape index (κ1) is 14.8. The fraction of sp³-hybridized carbons (Fsp3) is 0.133. The van der Waals surface area contributed by atoms with Gasteiger partial charge in [0.25, 0.3) is 0 Å².